The van der Waals surface area contributed by atoms with Crippen LogP contribution in [-0.4, -0.2) is 44.0 Å². The first-order chi connectivity index (χ1) is 14.2. The van der Waals surface area contributed by atoms with Gasteiger partial charge in [-0.25, -0.2) is 9.18 Å². The van der Waals surface area contributed by atoms with Crippen molar-refractivity contribution in [3.63, 3.8) is 0 Å². The quantitative estimate of drug-likeness (QED) is 0.676. The molecule has 2 aromatic rings. The standard InChI is InChI=1S/C23H31FN4O2/c1-6-25-23(30)26-20-11-12-21(27(4)5)18(13-20)15-28(14-16(2)3)22(29)17-7-9-19(24)10-8-17/h7-13,16H,6,14-15H2,1-5H3,(H2,25,26,30). The number of halogens is 1. The lowest BCUT2D eigenvalue weighted by Crippen LogP contribution is -2.34. The van der Waals surface area contributed by atoms with E-state index in [1.165, 1.54) is 24.3 Å². The molecule has 6 nitrogen and oxygen atoms in total. The van der Waals surface area contributed by atoms with Crippen LogP contribution in [0.5, 0.6) is 0 Å². The molecule has 0 aliphatic carbocycles. The molecule has 2 rings (SSSR count). The third-order valence-corrected chi connectivity index (χ3v) is 4.48. The van der Waals surface area contributed by atoms with Crippen molar-refractivity contribution in [1.29, 1.82) is 0 Å². The molecule has 0 aliphatic heterocycles. The molecule has 0 fully saturated rings. The average molecular weight is 415 g/mol. The van der Waals surface area contributed by atoms with Crippen molar-refractivity contribution in [2.75, 3.05) is 37.4 Å². The number of urea groups is 1. The second kappa shape index (κ2) is 10.6. The molecule has 0 aromatic heterocycles. The summed E-state index contributed by atoms with van der Waals surface area (Å²) in [6.07, 6.45) is 0. The molecule has 0 bridgehead atoms. The molecule has 0 aliphatic rings. The highest BCUT2D eigenvalue weighted by Crippen LogP contribution is 2.25. The van der Waals surface area contributed by atoms with E-state index in [4.69, 9.17) is 0 Å². The maximum atomic E-state index is 13.3. The van der Waals surface area contributed by atoms with Gasteiger partial charge in [-0.2, -0.15) is 0 Å². The van der Waals surface area contributed by atoms with Crippen molar-refractivity contribution in [3.05, 3.63) is 59.4 Å². The van der Waals surface area contributed by atoms with Crippen LogP contribution in [-0.2, 0) is 6.54 Å². The lowest BCUT2D eigenvalue weighted by molar-refractivity contribution is 0.0723. The van der Waals surface area contributed by atoms with Gasteiger partial charge < -0.3 is 20.4 Å². The van der Waals surface area contributed by atoms with Gasteiger partial charge in [0.05, 0.1) is 0 Å². The molecular weight excluding hydrogens is 383 g/mol. The molecule has 0 spiro atoms. The van der Waals surface area contributed by atoms with Gasteiger partial charge in [-0.05, 0) is 60.9 Å². The van der Waals surface area contributed by atoms with Crippen LogP contribution in [0, 0.1) is 11.7 Å². The minimum Gasteiger partial charge on any atom is -0.377 e. The third-order valence-electron chi connectivity index (χ3n) is 4.48. The van der Waals surface area contributed by atoms with E-state index in [0.717, 1.165) is 11.3 Å². The van der Waals surface area contributed by atoms with E-state index in [-0.39, 0.29) is 23.7 Å². The number of benzene rings is 2. The minimum absolute atomic E-state index is 0.157. The summed E-state index contributed by atoms with van der Waals surface area (Å²) in [6, 6.07) is 11.0. The van der Waals surface area contributed by atoms with Crippen molar-refractivity contribution in [3.8, 4) is 0 Å². The Morgan fingerprint density at radius 2 is 1.73 bits per heavy atom. The lowest BCUT2D eigenvalue weighted by atomic mass is 10.1. The Morgan fingerprint density at radius 1 is 1.07 bits per heavy atom. The van der Waals surface area contributed by atoms with Crippen LogP contribution < -0.4 is 15.5 Å². The van der Waals surface area contributed by atoms with Gasteiger partial charge in [-0.15, -0.1) is 0 Å². The fourth-order valence-corrected chi connectivity index (χ4v) is 3.20. The maximum Gasteiger partial charge on any atom is 0.319 e. The molecular formula is C23H31FN4O2. The normalized spacial score (nSPS) is 10.6. The molecule has 0 atom stereocenters. The number of nitrogens with one attached hydrogen (secondary N) is 2. The summed E-state index contributed by atoms with van der Waals surface area (Å²) in [5, 5.41) is 5.52. The van der Waals surface area contributed by atoms with Gasteiger partial charge >= 0.3 is 6.03 Å². The summed E-state index contributed by atoms with van der Waals surface area (Å²) in [4.78, 5) is 28.8. The fraction of sp³-hybridized carbons (Fsp3) is 0.391. The Balaban J connectivity index is 2.35. The summed E-state index contributed by atoms with van der Waals surface area (Å²) in [5.41, 5.74) is 2.96. The smallest absolute Gasteiger partial charge is 0.319 e. The number of rotatable bonds is 8. The predicted molar refractivity (Wildman–Crippen MR) is 119 cm³/mol. The Morgan fingerprint density at radius 3 is 2.30 bits per heavy atom. The van der Waals surface area contributed by atoms with Gasteiger partial charge in [0.1, 0.15) is 5.82 Å². The van der Waals surface area contributed by atoms with Crippen LogP contribution in [0.25, 0.3) is 0 Å². The van der Waals surface area contributed by atoms with Crippen molar-refractivity contribution in [2.45, 2.75) is 27.3 Å². The second-order valence-corrected chi connectivity index (χ2v) is 7.81. The topological polar surface area (TPSA) is 64.7 Å². The predicted octanol–water partition coefficient (Wildman–Crippen LogP) is 4.33. The molecule has 0 radical (unpaired) electrons. The van der Waals surface area contributed by atoms with Gasteiger partial charge in [0.2, 0.25) is 0 Å². The number of carbonyl (C=O) groups is 2. The van der Waals surface area contributed by atoms with Crippen molar-refractivity contribution < 1.29 is 14.0 Å². The third kappa shape index (κ3) is 6.47. The molecule has 2 N–H and O–H groups in total. The zero-order valence-electron chi connectivity index (χ0n) is 18.3. The van der Waals surface area contributed by atoms with Gasteiger partial charge in [0.25, 0.3) is 5.91 Å². The van der Waals surface area contributed by atoms with Crippen LogP contribution in [0.2, 0.25) is 0 Å². The Labute approximate surface area is 178 Å². The maximum absolute atomic E-state index is 13.3. The highest BCUT2D eigenvalue weighted by Gasteiger charge is 2.20. The molecule has 162 valence electrons. The van der Waals surface area contributed by atoms with Gasteiger partial charge in [0, 0.05) is 50.7 Å². The molecule has 2 aromatic carbocycles. The van der Waals surface area contributed by atoms with E-state index in [1.54, 1.807) is 4.90 Å². The van der Waals surface area contributed by atoms with Crippen LogP contribution in [0.1, 0.15) is 36.7 Å². The fourth-order valence-electron chi connectivity index (χ4n) is 3.20. The average Bonchev–Trinajstić information content (AvgIpc) is 2.67. The first kappa shape index (κ1) is 23.2. The van der Waals surface area contributed by atoms with Crippen molar-refractivity contribution >= 4 is 23.3 Å². The van der Waals surface area contributed by atoms with Crippen LogP contribution >= 0.6 is 0 Å². The highest BCUT2D eigenvalue weighted by atomic mass is 19.1. The highest BCUT2D eigenvalue weighted by molar-refractivity contribution is 5.94. The summed E-state index contributed by atoms with van der Waals surface area (Å²) >= 11 is 0. The number of hydrogen-bond acceptors (Lipinski definition) is 3. The first-order valence-corrected chi connectivity index (χ1v) is 10.1. The lowest BCUT2D eigenvalue weighted by Gasteiger charge is -2.28. The van der Waals surface area contributed by atoms with E-state index in [1.807, 2.05) is 58.0 Å². The van der Waals surface area contributed by atoms with Crippen LogP contribution in [0.3, 0.4) is 0 Å². The SMILES string of the molecule is CCNC(=O)Nc1ccc(N(C)C)c(CN(CC(C)C)C(=O)c2ccc(F)cc2)c1. The number of amides is 3. The Bertz CT molecular complexity index is 866. The van der Waals surface area contributed by atoms with E-state index in [9.17, 15) is 14.0 Å². The zero-order chi connectivity index (χ0) is 22.3. The summed E-state index contributed by atoms with van der Waals surface area (Å²) in [6.45, 7) is 7.40. The Kier molecular flexibility index (Phi) is 8.21. The Hall–Kier alpha value is -3.09. The van der Waals surface area contributed by atoms with Gasteiger partial charge in [-0.3, -0.25) is 4.79 Å². The number of nitrogens with zero attached hydrogens (tertiary/aromatic N) is 2. The van der Waals surface area contributed by atoms with E-state index >= 15 is 0 Å². The van der Waals surface area contributed by atoms with Crippen molar-refractivity contribution in [1.82, 2.24) is 10.2 Å². The summed E-state index contributed by atoms with van der Waals surface area (Å²) in [5.74, 6) is -0.273. The number of carbonyl (C=O) groups excluding carboxylic acids is 2. The van der Waals surface area contributed by atoms with Gasteiger partial charge in [0.15, 0.2) is 0 Å². The molecule has 0 heterocycles. The van der Waals surface area contributed by atoms with E-state index in [2.05, 4.69) is 10.6 Å². The van der Waals surface area contributed by atoms with Crippen LogP contribution in [0.15, 0.2) is 42.5 Å². The first-order valence-electron chi connectivity index (χ1n) is 10.1. The summed E-state index contributed by atoms with van der Waals surface area (Å²) in [7, 11) is 3.87. The number of hydrogen-bond donors (Lipinski definition) is 2. The summed E-state index contributed by atoms with van der Waals surface area (Å²) < 4.78 is 13.3. The molecule has 3 amide bonds. The molecule has 30 heavy (non-hydrogen) atoms. The molecule has 0 saturated carbocycles. The van der Waals surface area contributed by atoms with E-state index in [0.29, 0.717) is 30.9 Å². The minimum atomic E-state index is -0.374. The monoisotopic (exact) mass is 414 g/mol. The van der Waals surface area contributed by atoms with E-state index < -0.39 is 0 Å². The van der Waals surface area contributed by atoms with Crippen molar-refractivity contribution in [2.24, 2.45) is 5.92 Å². The molecule has 0 saturated heterocycles. The van der Waals surface area contributed by atoms with Gasteiger partial charge in [-0.1, -0.05) is 13.8 Å². The zero-order valence-corrected chi connectivity index (χ0v) is 18.3. The molecule has 7 heteroatoms. The second-order valence-electron chi connectivity index (χ2n) is 7.81. The van der Waals surface area contributed by atoms with Crippen LogP contribution in [0.4, 0.5) is 20.6 Å². The number of anilines is 2. The largest absolute Gasteiger partial charge is 0.377 e. The molecule has 0 unspecified atom stereocenters.